The summed E-state index contributed by atoms with van der Waals surface area (Å²) in [6.07, 6.45) is 0. The van der Waals surface area contributed by atoms with Crippen LogP contribution < -0.4 is 4.52 Å². The van der Waals surface area contributed by atoms with Gasteiger partial charge >= 0.3 is 14.6 Å². The molecule has 2 aromatic carbocycles. The molecular weight excluding hydrogens is 267 g/mol. The average molecular weight is 278 g/mol. The van der Waals surface area contributed by atoms with Crippen LogP contribution in [-0.2, 0) is 9.56 Å². The van der Waals surface area contributed by atoms with E-state index in [4.69, 9.17) is 4.52 Å². The largest absolute Gasteiger partial charge is 0.435 e. The third-order valence-corrected chi connectivity index (χ3v) is 2.68. The molecule has 1 N–H and O–H groups in total. The maximum atomic E-state index is 11.5. The molecule has 0 saturated carbocycles. The number of rotatable bonds is 5. The van der Waals surface area contributed by atoms with Crippen LogP contribution in [0.4, 0.5) is 0 Å². The van der Waals surface area contributed by atoms with Crippen LogP contribution in [-0.4, -0.2) is 10.9 Å². The van der Waals surface area contributed by atoms with Crippen molar-refractivity contribution < 1.29 is 23.8 Å². The van der Waals surface area contributed by atoms with Gasteiger partial charge in [-0.25, -0.2) is 4.79 Å². The Hall–Kier alpha value is -1.94. The molecule has 0 saturated heterocycles. The zero-order valence-electron chi connectivity index (χ0n) is 9.80. The lowest BCUT2D eigenvalue weighted by Crippen LogP contribution is -2.04. The molecule has 0 aromatic heterocycles. The molecular formula is C13H11O5P. The molecule has 0 fully saturated rings. The molecule has 19 heavy (non-hydrogen) atoms. The van der Waals surface area contributed by atoms with E-state index in [0.717, 1.165) is 0 Å². The van der Waals surface area contributed by atoms with Gasteiger partial charge < -0.3 is 9.42 Å². The Bertz CT molecular complexity index is 517. The van der Waals surface area contributed by atoms with E-state index in [0.29, 0.717) is 11.3 Å². The topological polar surface area (TPSA) is 65.0 Å². The average Bonchev–Trinajstić information content (AvgIpc) is 2.47. The monoisotopic (exact) mass is 278 g/mol. The zero-order valence-corrected chi connectivity index (χ0v) is 10.7. The second-order valence-corrected chi connectivity index (χ2v) is 4.26. The van der Waals surface area contributed by atoms with Crippen molar-refractivity contribution in [3.8, 4) is 5.75 Å². The van der Waals surface area contributed by atoms with Crippen molar-refractivity contribution in [2.75, 3.05) is 0 Å². The van der Waals surface area contributed by atoms with Gasteiger partial charge in [-0.15, -0.1) is 0 Å². The summed E-state index contributed by atoms with van der Waals surface area (Å²) in [4.78, 5) is 25.4. The minimum Gasteiger partial charge on any atom is -0.425 e. The van der Waals surface area contributed by atoms with Crippen LogP contribution in [0.5, 0.6) is 5.75 Å². The van der Waals surface area contributed by atoms with E-state index in [9.17, 15) is 9.69 Å². The lowest BCUT2D eigenvalue weighted by atomic mass is 10.2. The Kier molecular flexibility index (Phi) is 4.86. The van der Waals surface area contributed by atoms with Gasteiger partial charge in [0.2, 0.25) is 0 Å². The Labute approximate surface area is 111 Å². The zero-order chi connectivity index (χ0) is 13.5. The maximum Gasteiger partial charge on any atom is 0.435 e. The summed E-state index contributed by atoms with van der Waals surface area (Å²) < 4.78 is 9.53. The standard InChI is InChI=1S/C13H11O5P/c14-13(11-7-3-1-4-8-11)16-18-19(15)17-12-9-5-2-6-10-12/h1-10,15H. The summed E-state index contributed by atoms with van der Waals surface area (Å²) in [5.41, 5.74) is 0.325. The van der Waals surface area contributed by atoms with E-state index in [1.807, 2.05) is 6.07 Å². The molecule has 5 nitrogen and oxygen atoms in total. The van der Waals surface area contributed by atoms with E-state index in [1.165, 1.54) is 0 Å². The third-order valence-electron chi connectivity index (χ3n) is 2.11. The van der Waals surface area contributed by atoms with Crippen molar-refractivity contribution >= 4 is 14.6 Å². The van der Waals surface area contributed by atoms with Crippen molar-refractivity contribution in [3.63, 3.8) is 0 Å². The van der Waals surface area contributed by atoms with Gasteiger partial charge in [-0.3, -0.25) is 4.89 Å². The van der Waals surface area contributed by atoms with E-state index in [1.54, 1.807) is 54.6 Å². The van der Waals surface area contributed by atoms with Crippen LogP contribution in [0.25, 0.3) is 0 Å². The SMILES string of the molecule is O=C(OOP(O)Oc1ccccc1)c1ccccc1. The molecule has 6 heteroatoms. The highest BCUT2D eigenvalue weighted by Gasteiger charge is 2.15. The lowest BCUT2D eigenvalue weighted by Gasteiger charge is -2.09. The second-order valence-electron chi connectivity index (χ2n) is 3.45. The van der Waals surface area contributed by atoms with Crippen LogP contribution in [0.15, 0.2) is 60.7 Å². The second kappa shape index (κ2) is 6.85. The Morgan fingerprint density at radius 3 is 2.16 bits per heavy atom. The predicted octanol–water partition coefficient (Wildman–Crippen LogP) is 3.07. The molecule has 0 radical (unpaired) electrons. The fraction of sp³-hybridized carbons (Fsp3) is 0. The van der Waals surface area contributed by atoms with Gasteiger partial charge in [0.1, 0.15) is 5.75 Å². The highest BCUT2D eigenvalue weighted by atomic mass is 31.2. The first-order chi connectivity index (χ1) is 9.25. The molecule has 0 aliphatic carbocycles. The van der Waals surface area contributed by atoms with Crippen molar-refractivity contribution in [1.29, 1.82) is 0 Å². The highest BCUT2D eigenvalue weighted by Crippen LogP contribution is 2.34. The normalized spacial score (nSPS) is 11.6. The van der Waals surface area contributed by atoms with Crippen LogP contribution in [0.3, 0.4) is 0 Å². The molecule has 0 bridgehead atoms. The van der Waals surface area contributed by atoms with E-state index < -0.39 is 14.6 Å². The number of para-hydroxylation sites is 1. The van der Waals surface area contributed by atoms with Crippen LogP contribution in [0, 0.1) is 0 Å². The number of carbonyl (C=O) groups is 1. The molecule has 0 aliphatic heterocycles. The molecule has 2 rings (SSSR count). The summed E-state index contributed by atoms with van der Waals surface area (Å²) in [7, 11) is -2.32. The van der Waals surface area contributed by atoms with Gasteiger partial charge in [-0.05, 0) is 24.3 Å². The van der Waals surface area contributed by atoms with Gasteiger partial charge in [0.05, 0.1) is 5.56 Å². The van der Waals surface area contributed by atoms with Crippen molar-refractivity contribution in [1.82, 2.24) is 0 Å². The molecule has 0 heterocycles. The van der Waals surface area contributed by atoms with Crippen molar-refractivity contribution in [2.45, 2.75) is 0 Å². The van der Waals surface area contributed by atoms with Gasteiger partial charge in [0.25, 0.3) is 0 Å². The first kappa shape index (κ1) is 13.5. The number of hydrogen-bond acceptors (Lipinski definition) is 5. The summed E-state index contributed by atoms with van der Waals surface area (Å²) >= 11 is 0. The van der Waals surface area contributed by atoms with Gasteiger partial charge in [0, 0.05) is 0 Å². The van der Waals surface area contributed by atoms with Gasteiger partial charge in [-0.1, -0.05) is 41.1 Å². The summed E-state index contributed by atoms with van der Waals surface area (Å²) in [6.45, 7) is 0. The first-order valence-electron chi connectivity index (χ1n) is 5.42. The maximum absolute atomic E-state index is 11.5. The quantitative estimate of drug-likeness (QED) is 0.517. The molecule has 1 unspecified atom stereocenters. The number of benzene rings is 2. The summed E-state index contributed by atoms with van der Waals surface area (Å²) in [5, 5.41) is 0. The van der Waals surface area contributed by atoms with Crippen LogP contribution in [0.1, 0.15) is 10.4 Å². The Balaban J connectivity index is 1.81. The lowest BCUT2D eigenvalue weighted by molar-refractivity contribution is -0.155. The third kappa shape index (κ3) is 4.34. The minimum absolute atomic E-state index is 0.325. The predicted molar refractivity (Wildman–Crippen MR) is 69.2 cm³/mol. The van der Waals surface area contributed by atoms with Crippen molar-refractivity contribution in [3.05, 3.63) is 66.2 Å². The molecule has 0 spiro atoms. The number of hydrogen-bond donors (Lipinski definition) is 1. The fourth-order valence-electron chi connectivity index (χ4n) is 1.27. The highest BCUT2D eigenvalue weighted by molar-refractivity contribution is 7.40. The van der Waals surface area contributed by atoms with Gasteiger partial charge in [-0.2, -0.15) is 0 Å². The number of carbonyl (C=O) groups excluding carboxylic acids is 1. The van der Waals surface area contributed by atoms with E-state index >= 15 is 0 Å². The summed E-state index contributed by atoms with van der Waals surface area (Å²) in [5.74, 6) is -0.273. The van der Waals surface area contributed by atoms with E-state index in [2.05, 4.69) is 9.56 Å². The van der Waals surface area contributed by atoms with Gasteiger partial charge in [0.15, 0.2) is 0 Å². The van der Waals surface area contributed by atoms with Crippen LogP contribution in [0.2, 0.25) is 0 Å². The molecule has 1 atom stereocenters. The van der Waals surface area contributed by atoms with Crippen LogP contribution >= 0.6 is 8.60 Å². The smallest absolute Gasteiger partial charge is 0.425 e. The minimum atomic E-state index is -2.32. The molecule has 2 aromatic rings. The summed E-state index contributed by atoms with van der Waals surface area (Å²) in [6, 6.07) is 16.9. The van der Waals surface area contributed by atoms with Crippen molar-refractivity contribution in [2.24, 2.45) is 0 Å². The molecule has 98 valence electrons. The molecule has 0 aliphatic rings. The fourth-order valence-corrected chi connectivity index (χ4v) is 1.74. The Morgan fingerprint density at radius 1 is 0.947 bits per heavy atom. The first-order valence-corrected chi connectivity index (χ1v) is 6.55. The molecule has 0 amide bonds. The van der Waals surface area contributed by atoms with E-state index in [-0.39, 0.29) is 0 Å². The Morgan fingerprint density at radius 2 is 1.53 bits per heavy atom.